The Morgan fingerprint density at radius 2 is 1.35 bits per heavy atom. The van der Waals surface area contributed by atoms with Crippen LogP contribution in [-0.2, 0) is 37.3 Å². The Labute approximate surface area is 372 Å². The van der Waals surface area contributed by atoms with E-state index in [9.17, 15) is 5.26 Å². The van der Waals surface area contributed by atoms with Gasteiger partial charge in [0.25, 0.3) is 0 Å². The molecule has 0 amide bonds. The summed E-state index contributed by atoms with van der Waals surface area (Å²) in [5.74, 6) is 1.93. The summed E-state index contributed by atoms with van der Waals surface area (Å²) in [7, 11) is -1.79. The van der Waals surface area contributed by atoms with Gasteiger partial charge in [-0.1, -0.05) is 106 Å². The number of hydrogen-bond donors (Lipinski definition) is 0. The van der Waals surface area contributed by atoms with Gasteiger partial charge in [-0.3, -0.25) is 0 Å². The van der Waals surface area contributed by atoms with Crippen molar-refractivity contribution in [2.24, 2.45) is 0 Å². The number of hydrogen-bond acceptors (Lipinski definition) is 5. The van der Waals surface area contributed by atoms with Crippen LogP contribution < -0.4 is 19.7 Å². The minimum atomic E-state index is -1.79. The molecule has 0 N–H and O–H groups in total. The maximum atomic E-state index is 9.78. The molecular formula is C52H54N5OPtSi-3. The summed E-state index contributed by atoms with van der Waals surface area (Å²) in [6.45, 7) is 29.8. The molecular weight excluding hydrogens is 934 g/mol. The van der Waals surface area contributed by atoms with Crippen LogP contribution in [0.3, 0.4) is 0 Å². The third kappa shape index (κ3) is 8.05. The smallest absolute Gasteiger partial charge is 0.135 e. The Hall–Kier alpha value is -5.15. The van der Waals surface area contributed by atoms with Crippen molar-refractivity contribution >= 4 is 57.8 Å². The minimum absolute atomic E-state index is 0. The molecule has 0 unspecified atom stereocenters. The molecule has 7 aromatic rings. The molecule has 0 aliphatic carbocycles. The van der Waals surface area contributed by atoms with E-state index >= 15 is 0 Å². The Bertz CT molecular complexity index is 2770. The molecule has 0 saturated heterocycles. The van der Waals surface area contributed by atoms with Gasteiger partial charge in [0.2, 0.25) is 0 Å². The van der Waals surface area contributed by atoms with E-state index in [4.69, 9.17) is 9.72 Å². The third-order valence-corrected chi connectivity index (χ3v) is 13.4. The number of aromatic nitrogens is 2. The van der Waals surface area contributed by atoms with Gasteiger partial charge < -0.3 is 19.1 Å². The number of benzene rings is 5. The average Bonchev–Trinajstić information content (AvgIpc) is 3.72. The Balaban J connectivity index is 0.00000544. The summed E-state index contributed by atoms with van der Waals surface area (Å²) in [6.07, 6.45) is 1.87. The van der Waals surface area contributed by atoms with E-state index in [1.165, 1.54) is 27.6 Å². The van der Waals surface area contributed by atoms with Gasteiger partial charge in [0.05, 0.1) is 19.7 Å². The van der Waals surface area contributed by atoms with Crippen molar-refractivity contribution < 1.29 is 25.8 Å². The fourth-order valence-electron chi connectivity index (χ4n) is 7.88. The molecule has 8 rings (SSSR count). The number of rotatable bonds is 6. The van der Waals surface area contributed by atoms with E-state index in [0.717, 1.165) is 44.7 Å². The molecule has 8 heteroatoms. The number of fused-ring (bicyclic) bond motifs is 4. The number of nitrogens with zero attached hydrogens (tertiary/aromatic N) is 5. The maximum Gasteiger partial charge on any atom is 0.135 e. The minimum Gasteiger partial charge on any atom is -0.509 e. The van der Waals surface area contributed by atoms with Crippen molar-refractivity contribution in [1.82, 2.24) is 9.55 Å². The molecule has 0 fully saturated rings. The average molecular weight is 988 g/mol. The Morgan fingerprint density at radius 3 is 2.00 bits per heavy atom. The quantitative estimate of drug-likeness (QED) is 0.123. The van der Waals surface area contributed by atoms with Crippen LogP contribution in [0.5, 0.6) is 11.5 Å². The molecule has 60 heavy (non-hydrogen) atoms. The predicted molar refractivity (Wildman–Crippen MR) is 248 cm³/mol. The molecule has 0 atom stereocenters. The largest absolute Gasteiger partial charge is 0.509 e. The zero-order valence-electron chi connectivity index (χ0n) is 36.9. The summed E-state index contributed by atoms with van der Waals surface area (Å²) >= 11 is 0. The molecule has 0 spiro atoms. The molecule has 310 valence electrons. The number of pyridine rings is 1. The van der Waals surface area contributed by atoms with Crippen LogP contribution in [0.1, 0.15) is 84.6 Å². The van der Waals surface area contributed by atoms with Crippen LogP contribution in [-0.4, -0.2) is 17.6 Å². The van der Waals surface area contributed by atoms with Crippen molar-refractivity contribution in [2.75, 3.05) is 9.80 Å². The van der Waals surface area contributed by atoms with Crippen molar-refractivity contribution in [1.29, 1.82) is 5.26 Å². The molecule has 5 aromatic carbocycles. The molecule has 0 bridgehead atoms. The first kappa shape index (κ1) is 43.0. The zero-order valence-corrected chi connectivity index (χ0v) is 40.1. The third-order valence-electron chi connectivity index (χ3n) is 11.3. The molecule has 0 radical (unpaired) electrons. The monoisotopic (exact) mass is 987 g/mol. The van der Waals surface area contributed by atoms with E-state index in [1.807, 2.05) is 42.6 Å². The predicted octanol–water partition coefficient (Wildman–Crippen LogP) is 13.3. The SMILES string of the molecule is CC(C)(C)c1cc(N2[CH-]N(c3[c-]c(Oc4[c-]c5c(cc4)c4cc(C#N)ccc4n5-c4cc(C(C)(C)C)ccn4)ccc3)c3cccc([Si](C)(C)C)c32)cc(C(C)(C)C)c1.[Pt]. The second kappa shape index (κ2) is 15.4. The Morgan fingerprint density at radius 1 is 0.683 bits per heavy atom. The van der Waals surface area contributed by atoms with Gasteiger partial charge in [-0.25, -0.2) is 4.98 Å². The van der Waals surface area contributed by atoms with E-state index < -0.39 is 8.07 Å². The molecule has 6 nitrogen and oxygen atoms in total. The number of nitriles is 1. The van der Waals surface area contributed by atoms with Crippen LogP contribution in [0, 0.1) is 30.1 Å². The topological polar surface area (TPSA) is 57.3 Å². The van der Waals surface area contributed by atoms with Gasteiger partial charge in [-0.05, 0) is 92.0 Å². The summed E-state index contributed by atoms with van der Waals surface area (Å²) in [4.78, 5) is 9.48. The fourth-order valence-corrected chi connectivity index (χ4v) is 9.43. The van der Waals surface area contributed by atoms with Crippen LogP contribution in [0.4, 0.5) is 22.7 Å². The van der Waals surface area contributed by atoms with Crippen LogP contribution in [0.25, 0.3) is 27.6 Å². The second-order valence-corrected chi connectivity index (χ2v) is 25.0. The summed E-state index contributed by atoms with van der Waals surface area (Å²) in [6, 6.07) is 43.4. The van der Waals surface area contributed by atoms with E-state index in [1.54, 1.807) is 0 Å². The number of anilines is 4. The maximum absolute atomic E-state index is 9.78. The van der Waals surface area contributed by atoms with Gasteiger partial charge in [-0.2, -0.15) is 17.4 Å². The summed E-state index contributed by atoms with van der Waals surface area (Å²) in [5.41, 5.74) is 10.5. The molecule has 0 saturated carbocycles. The van der Waals surface area contributed by atoms with Gasteiger partial charge in [0.1, 0.15) is 5.82 Å². The van der Waals surface area contributed by atoms with Crippen LogP contribution in [0.15, 0.2) is 103 Å². The summed E-state index contributed by atoms with van der Waals surface area (Å²) < 4.78 is 8.76. The van der Waals surface area contributed by atoms with E-state index in [2.05, 4.69) is 182 Å². The normalized spacial score (nSPS) is 13.4. The van der Waals surface area contributed by atoms with Crippen LogP contribution >= 0.6 is 0 Å². The first-order valence-corrected chi connectivity index (χ1v) is 24.0. The molecule has 1 aliphatic rings. The second-order valence-electron chi connectivity index (χ2n) is 20.0. The number of ether oxygens (including phenoxy) is 1. The van der Waals surface area contributed by atoms with Gasteiger partial charge in [0, 0.05) is 61.3 Å². The number of para-hydroxylation sites is 1. The van der Waals surface area contributed by atoms with E-state index in [-0.39, 0.29) is 37.3 Å². The van der Waals surface area contributed by atoms with Gasteiger partial charge >= 0.3 is 0 Å². The van der Waals surface area contributed by atoms with Gasteiger partial charge in [-0.15, -0.1) is 48.1 Å². The summed E-state index contributed by atoms with van der Waals surface area (Å²) in [5, 5.41) is 13.1. The van der Waals surface area contributed by atoms with E-state index in [0.29, 0.717) is 17.1 Å². The zero-order chi connectivity index (χ0) is 42.2. The van der Waals surface area contributed by atoms with Crippen molar-refractivity contribution in [3.63, 3.8) is 0 Å². The first-order chi connectivity index (χ1) is 27.7. The van der Waals surface area contributed by atoms with Crippen molar-refractivity contribution in [2.45, 2.75) is 98.2 Å². The Kier molecular flexibility index (Phi) is 11.0. The van der Waals surface area contributed by atoms with Crippen LogP contribution in [0.2, 0.25) is 19.6 Å². The van der Waals surface area contributed by atoms with Gasteiger partial charge in [0.15, 0.2) is 0 Å². The van der Waals surface area contributed by atoms with Crippen molar-refractivity contribution in [3.05, 3.63) is 144 Å². The molecule has 3 heterocycles. The first-order valence-electron chi connectivity index (χ1n) is 20.5. The molecule has 1 aliphatic heterocycles. The fraction of sp³-hybridized carbons (Fsp3) is 0.288. The standard InChI is InChI=1S/C52H54N5OSi.Pt/c1-50(2,3)35-23-24-54-48(29-35)57-44-22-19-34(32-53)25-43(44)42-21-20-41(31-46(42)57)58-40-16-13-15-38(30-40)55-33-56(49-45(55)17-14-18-47(49)59(10,11)12)39-27-36(51(4,5)6)26-37(28-39)52(7,8)9;/h13-29,33H,1-12H3;/q-3;. The van der Waals surface area contributed by atoms with Crippen molar-refractivity contribution in [3.8, 4) is 23.4 Å². The molecule has 2 aromatic heterocycles.